The van der Waals surface area contributed by atoms with Gasteiger partial charge >= 0.3 is 0 Å². The van der Waals surface area contributed by atoms with E-state index in [2.05, 4.69) is 0 Å². The molecule has 0 aromatic heterocycles. The largest absolute Gasteiger partial charge is 0.389 e. The number of halogens is 1. The number of hydrogen-bond acceptors (Lipinski definition) is 3. The van der Waals surface area contributed by atoms with E-state index >= 15 is 0 Å². The number of thiocarbonyl (C=S) groups is 1. The quantitative estimate of drug-likeness (QED) is 0.845. The van der Waals surface area contributed by atoms with Crippen LogP contribution in [0.5, 0.6) is 0 Å². The van der Waals surface area contributed by atoms with E-state index in [1.807, 2.05) is 6.92 Å². The third kappa shape index (κ3) is 2.91. The number of sulfonamides is 1. The lowest BCUT2D eigenvalue weighted by Gasteiger charge is -2.20. The van der Waals surface area contributed by atoms with Crippen molar-refractivity contribution >= 4 is 38.8 Å². The summed E-state index contributed by atoms with van der Waals surface area (Å²) in [4.78, 5) is 0.342. The molecule has 0 saturated heterocycles. The van der Waals surface area contributed by atoms with Gasteiger partial charge in [-0.3, -0.25) is 0 Å². The lowest BCUT2D eigenvalue weighted by atomic mass is 10.2. The fraction of sp³-hybridized carbons (Fsp3) is 0.417. The Hall–Kier alpha value is -0.690. The van der Waals surface area contributed by atoms with E-state index in [4.69, 9.17) is 29.6 Å². The van der Waals surface area contributed by atoms with Crippen LogP contribution < -0.4 is 5.73 Å². The van der Waals surface area contributed by atoms with Crippen molar-refractivity contribution in [1.82, 2.24) is 4.31 Å². The van der Waals surface area contributed by atoms with E-state index in [-0.39, 0.29) is 20.9 Å². The fourth-order valence-corrected chi connectivity index (χ4v) is 4.28. The molecule has 0 spiro atoms. The molecular formula is C12H15ClN2O2S2. The summed E-state index contributed by atoms with van der Waals surface area (Å²) in [5.41, 5.74) is 6.00. The van der Waals surface area contributed by atoms with Gasteiger partial charge in [-0.25, -0.2) is 8.42 Å². The zero-order valence-corrected chi connectivity index (χ0v) is 12.9. The van der Waals surface area contributed by atoms with Crippen molar-refractivity contribution in [2.24, 2.45) is 5.73 Å². The molecule has 0 amide bonds. The fourth-order valence-electron chi connectivity index (χ4n) is 1.98. The zero-order valence-electron chi connectivity index (χ0n) is 10.5. The van der Waals surface area contributed by atoms with Gasteiger partial charge in [-0.1, -0.05) is 30.7 Å². The van der Waals surface area contributed by atoms with Crippen LogP contribution in [0, 0.1) is 0 Å². The van der Waals surface area contributed by atoms with E-state index in [9.17, 15) is 8.42 Å². The Kier molecular flexibility index (Phi) is 4.15. The maximum atomic E-state index is 12.5. The molecule has 1 fully saturated rings. The second-order valence-electron chi connectivity index (χ2n) is 4.45. The van der Waals surface area contributed by atoms with Gasteiger partial charge in [-0.05, 0) is 31.0 Å². The molecule has 7 heteroatoms. The molecule has 2 rings (SSSR count). The third-order valence-electron chi connectivity index (χ3n) is 3.08. The number of hydrogen-bond donors (Lipinski definition) is 1. The van der Waals surface area contributed by atoms with Crippen molar-refractivity contribution < 1.29 is 8.42 Å². The monoisotopic (exact) mass is 318 g/mol. The summed E-state index contributed by atoms with van der Waals surface area (Å²) < 4.78 is 26.5. The second-order valence-corrected chi connectivity index (χ2v) is 7.18. The summed E-state index contributed by atoms with van der Waals surface area (Å²) in [6.45, 7) is 2.29. The Morgan fingerprint density at radius 1 is 1.53 bits per heavy atom. The first-order chi connectivity index (χ1) is 8.87. The van der Waals surface area contributed by atoms with Gasteiger partial charge in [0.2, 0.25) is 10.0 Å². The van der Waals surface area contributed by atoms with Crippen LogP contribution in [0.25, 0.3) is 0 Å². The van der Waals surface area contributed by atoms with Crippen molar-refractivity contribution in [2.45, 2.75) is 30.7 Å². The molecule has 1 aromatic carbocycles. The highest BCUT2D eigenvalue weighted by molar-refractivity contribution is 7.89. The Morgan fingerprint density at radius 3 is 2.58 bits per heavy atom. The molecule has 1 aliphatic carbocycles. The van der Waals surface area contributed by atoms with Gasteiger partial charge in [0.15, 0.2) is 0 Å². The van der Waals surface area contributed by atoms with Crippen LogP contribution in [0.1, 0.15) is 25.3 Å². The van der Waals surface area contributed by atoms with Crippen molar-refractivity contribution in [1.29, 1.82) is 0 Å². The van der Waals surface area contributed by atoms with Crippen LogP contribution >= 0.6 is 23.8 Å². The Labute approximate surface area is 123 Å². The average Bonchev–Trinajstić information content (AvgIpc) is 3.13. The molecule has 1 aliphatic rings. The average molecular weight is 319 g/mol. The van der Waals surface area contributed by atoms with Crippen molar-refractivity contribution in [3.63, 3.8) is 0 Å². The molecule has 0 unspecified atom stereocenters. The summed E-state index contributed by atoms with van der Waals surface area (Å²) in [5, 5.41) is 0.264. The van der Waals surface area contributed by atoms with Crippen LogP contribution in [-0.4, -0.2) is 30.3 Å². The summed E-state index contributed by atoms with van der Waals surface area (Å²) in [6.07, 6.45) is 1.84. The highest BCUT2D eigenvalue weighted by Gasteiger charge is 2.37. The highest BCUT2D eigenvalue weighted by Crippen LogP contribution is 2.32. The molecule has 2 N–H and O–H groups in total. The summed E-state index contributed by atoms with van der Waals surface area (Å²) in [6, 6.07) is 4.60. The smallest absolute Gasteiger partial charge is 0.243 e. The first-order valence-electron chi connectivity index (χ1n) is 5.99. The molecule has 0 atom stereocenters. The first kappa shape index (κ1) is 14.7. The van der Waals surface area contributed by atoms with Gasteiger partial charge in [0, 0.05) is 18.2 Å². The van der Waals surface area contributed by atoms with Gasteiger partial charge in [-0.2, -0.15) is 4.31 Å². The van der Waals surface area contributed by atoms with Crippen LogP contribution in [0.15, 0.2) is 23.1 Å². The number of nitrogens with two attached hydrogens (primary N) is 1. The van der Waals surface area contributed by atoms with E-state index in [0.717, 1.165) is 12.8 Å². The summed E-state index contributed by atoms with van der Waals surface area (Å²) >= 11 is 10.9. The first-order valence-corrected chi connectivity index (χ1v) is 8.21. The highest BCUT2D eigenvalue weighted by atomic mass is 35.5. The van der Waals surface area contributed by atoms with Crippen LogP contribution in [0.3, 0.4) is 0 Å². The Morgan fingerprint density at radius 2 is 2.16 bits per heavy atom. The molecule has 1 saturated carbocycles. The minimum atomic E-state index is -3.49. The van der Waals surface area contributed by atoms with Gasteiger partial charge in [0.1, 0.15) is 4.99 Å². The minimum absolute atomic E-state index is 0.129. The van der Waals surface area contributed by atoms with Gasteiger partial charge in [0.05, 0.1) is 9.92 Å². The number of nitrogens with zero attached hydrogens (tertiary/aromatic N) is 1. The Balaban J connectivity index is 2.40. The normalized spacial score (nSPS) is 15.7. The van der Waals surface area contributed by atoms with E-state index < -0.39 is 10.0 Å². The molecule has 0 aliphatic heterocycles. The SMILES string of the molecule is CCN(C1CC1)S(=O)(=O)c1ccc(C(N)=S)c(Cl)c1. The van der Waals surface area contributed by atoms with Gasteiger partial charge in [0.25, 0.3) is 0 Å². The summed E-state index contributed by atoms with van der Waals surface area (Å²) in [7, 11) is -3.49. The zero-order chi connectivity index (χ0) is 14.2. The second kappa shape index (κ2) is 5.36. The van der Waals surface area contributed by atoms with E-state index in [0.29, 0.717) is 12.1 Å². The van der Waals surface area contributed by atoms with Crippen molar-refractivity contribution in [2.75, 3.05) is 6.54 Å². The van der Waals surface area contributed by atoms with Crippen LogP contribution in [0.4, 0.5) is 0 Å². The molecule has 4 nitrogen and oxygen atoms in total. The van der Waals surface area contributed by atoms with Crippen LogP contribution in [0.2, 0.25) is 5.02 Å². The lowest BCUT2D eigenvalue weighted by molar-refractivity contribution is 0.421. The molecule has 0 heterocycles. The third-order valence-corrected chi connectivity index (χ3v) is 5.63. The maximum Gasteiger partial charge on any atom is 0.243 e. The van der Waals surface area contributed by atoms with Crippen molar-refractivity contribution in [3.05, 3.63) is 28.8 Å². The molecular weight excluding hydrogens is 304 g/mol. The standard InChI is InChI=1S/C12H15ClN2O2S2/c1-2-15(8-3-4-8)19(16,17)9-5-6-10(12(14)18)11(13)7-9/h5-8H,2-4H2,1H3,(H2,14,18). The molecule has 0 radical (unpaired) electrons. The topological polar surface area (TPSA) is 63.4 Å². The maximum absolute atomic E-state index is 12.5. The van der Waals surface area contributed by atoms with E-state index in [1.165, 1.54) is 16.4 Å². The van der Waals surface area contributed by atoms with Gasteiger partial charge < -0.3 is 5.73 Å². The predicted octanol–water partition coefficient (Wildman–Crippen LogP) is 2.15. The lowest BCUT2D eigenvalue weighted by Crippen LogP contribution is -2.32. The Bertz CT molecular complexity index is 612. The summed E-state index contributed by atoms with van der Waals surface area (Å²) in [5.74, 6) is 0. The molecule has 19 heavy (non-hydrogen) atoms. The van der Waals surface area contributed by atoms with Crippen LogP contribution in [-0.2, 0) is 10.0 Å². The van der Waals surface area contributed by atoms with E-state index in [1.54, 1.807) is 6.07 Å². The van der Waals surface area contributed by atoms with Gasteiger partial charge in [-0.15, -0.1) is 0 Å². The number of rotatable bonds is 5. The molecule has 0 bridgehead atoms. The minimum Gasteiger partial charge on any atom is -0.389 e. The van der Waals surface area contributed by atoms with Crippen molar-refractivity contribution in [3.8, 4) is 0 Å². The molecule has 1 aromatic rings. The number of benzene rings is 1. The predicted molar refractivity (Wildman–Crippen MR) is 79.9 cm³/mol. The molecule has 104 valence electrons.